The van der Waals surface area contributed by atoms with E-state index in [9.17, 15) is 4.79 Å². The Morgan fingerprint density at radius 1 is 1.33 bits per heavy atom. The molecule has 1 aromatic heterocycles. The summed E-state index contributed by atoms with van der Waals surface area (Å²) >= 11 is 0. The van der Waals surface area contributed by atoms with Gasteiger partial charge in [-0.05, 0) is 24.6 Å². The highest BCUT2D eigenvalue weighted by Gasteiger charge is 2.19. The Morgan fingerprint density at radius 3 is 2.76 bits per heavy atom. The summed E-state index contributed by atoms with van der Waals surface area (Å²) in [6.07, 6.45) is 1.37. The number of benzene rings is 1. The molecule has 2 rings (SSSR count). The molecule has 5 nitrogen and oxygen atoms in total. The summed E-state index contributed by atoms with van der Waals surface area (Å²) < 4.78 is 10.4. The van der Waals surface area contributed by atoms with Gasteiger partial charge in [-0.2, -0.15) is 0 Å². The molecule has 0 saturated heterocycles. The maximum atomic E-state index is 12.1. The second-order valence-corrected chi connectivity index (χ2v) is 4.12. The summed E-state index contributed by atoms with van der Waals surface area (Å²) in [6.45, 7) is 9.09. The van der Waals surface area contributed by atoms with E-state index in [0.29, 0.717) is 16.9 Å². The number of para-hydroxylation sites is 1. The van der Waals surface area contributed by atoms with Gasteiger partial charge in [0, 0.05) is 5.56 Å². The Hall–Kier alpha value is -2.87. The van der Waals surface area contributed by atoms with Crippen molar-refractivity contribution in [1.29, 1.82) is 0 Å². The maximum Gasteiger partial charge on any atom is 0.342 e. The van der Waals surface area contributed by atoms with Gasteiger partial charge in [0.05, 0.1) is 13.7 Å². The minimum atomic E-state index is -0.470. The largest absolute Gasteiger partial charge is 0.496 e. The molecule has 106 valence electrons. The van der Waals surface area contributed by atoms with Crippen molar-refractivity contribution in [1.82, 2.24) is 4.98 Å². The lowest BCUT2D eigenvalue weighted by molar-refractivity contribution is 0.0527. The van der Waals surface area contributed by atoms with Crippen molar-refractivity contribution in [2.75, 3.05) is 13.7 Å². The van der Waals surface area contributed by atoms with Crippen LogP contribution in [0.5, 0.6) is 5.75 Å². The first-order valence-corrected chi connectivity index (χ1v) is 6.39. The van der Waals surface area contributed by atoms with E-state index in [0.717, 1.165) is 5.56 Å². The second kappa shape index (κ2) is 6.53. The molecular formula is C16H14N2O3. The minimum Gasteiger partial charge on any atom is -0.496 e. The van der Waals surface area contributed by atoms with Crippen molar-refractivity contribution >= 4 is 11.8 Å². The van der Waals surface area contributed by atoms with Crippen molar-refractivity contribution in [3.05, 3.63) is 53.5 Å². The van der Waals surface area contributed by atoms with Crippen LogP contribution in [0.2, 0.25) is 0 Å². The molecule has 0 radical (unpaired) electrons. The van der Waals surface area contributed by atoms with Crippen molar-refractivity contribution in [2.45, 2.75) is 6.92 Å². The highest BCUT2D eigenvalue weighted by Crippen LogP contribution is 2.34. The van der Waals surface area contributed by atoms with Gasteiger partial charge in [-0.3, -0.25) is 0 Å². The Labute approximate surface area is 123 Å². The zero-order chi connectivity index (χ0) is 15.2. The van der Waals surface area contributed by atoms with Crippen LogP contribution < -0.4 is 4.74 Å². The third kappa shape index (κ3) is 3.00. The van der Waals surface area contributed by atoms with E-state index in [4.69, 9.17) is 16.0 Å². The van der Waals surface area contributed by atoms with Gasteiger partial charge in [0.15, 0.2) is 0 Å². The third-order valence-electron chi connectivity index (χ3n) is 2.90. The van der Waals surface area contributed by atoms with E-state index >= 15 is 0 Å². The first kappa shape index (κ1) is 14.5. The van der Waals surface area contributed by atoms with Crippen LogP contribution in [0.25, 0.3) is 16.0 Å². The highest BCUT2D eigenvalue weighted by molar-refractivity contribution is 5.98. The van der Waals surface area contributed by atoms with Crippen LogP contribution in [-0.2, 0) is 4.74 Å². The van der Waals surface area contributed by atoms with Crippen LogP contribution in [0, 0.1) is 6.57 Å². The fraction of sp³-hybridized carbons (Fsp3) is 0.188. The van der Waals surface area contributed by atoms with Gasteiger partial charge in [-0.15, -0.1) is 4.98 Å². The second-order valence-electron chi connectivity index (χ2n) is 4.12. The van der Waals surface area contributed by atoms with Gasteiger partial charge in [-0.1, -0.05) is 24.8 Å². The third-order valence-corrected chi connectivity index (χ3v) is 2.90. The summed E-state index contributed by atoms with van der Waals surface area (Å²) in [6, 6.07) is 8.86. The number of carbonyl (C=O) groups is 1. The van der Waals surface area contributed by atoms with E-state index in [1.54, 1.807) is 26.2 Å². The summed E-state index contributed by atoms with van der Waals surface area (Å²) in [5.74, 6) is 0.358. The van der Waals surface area contributed by atoms with Gasteiger partial charge < -0.3 is 14.3 Å². The summed E-state index contributed by atoms with van der Waals surface area (Å²) in [4.78, 5) is 19.3. The number of hydrogen-bond donors (Lipinski definition) is 0. The van der Waals surface area contributed by atoms with Gasteiger partial charge >= 0.3 is 5.97 Å². The number of carbonyl (C=O) groups excluding carboxylic acids is 1. The monoisotopic (exact) mass is 282 g/mol. The standard InChI is InChI=1S/C16H14N2O3/c1-4-21-16(19)13-10-18-15(17-2)9-12(13)11-7-5-6-8-14(11)20-3/h5-10H,4H2,1,3H3. The molecule has 0 unspecified atom stereocenters. The molecule has 0 aliphatic heterocycles. The highest BCUT2D eigenvalue weighted by atomic mass is 16.5. The lowest BCUT2D eigenvalue weighted by Crippen LogP contribution is -2.07. The SMILES string of the molecule is [C-]#[N+]c1cc(-c2ccccc2OC)c(C(=O)OCC)cn1. The van der Waals surface area contributed by atoms with Crippen molar-refractivity contribution in [3.8, 4) is 16.9 Å². The molecule has 0 aliphatic rings. The molecule has 0 bridgehead atoms. The van der Waals surface area contributed by atoms with Crippen LogP contribution in [-0.4, -0.2) is 24.7 Å². The number of aromatic nitrogens is 1. The minimum absolute atomic E-state index is 0.212. The number of ether oxygens (including phenoxy) is 2. The first-order chi connectivity index (χ1) is 10.2. The van der Waals surface area contributed by atoms with Gasteiger partial charge in [0.2, 0.25) is 0 Å². The van der Waals surface area contributed by atoms with Crippen LogP contribution >= 0.6 is 0 Å². The molecule has 0 fully saturated rings. The van der Waals surface area contributed by atoms with Crippen LogP contribution in [0.4, 0.5) is 5.82 Å². The van der Waals surface area contributed by atoms with Gasteiger partial charge in [0.25, 0.3) is 5.82 Å². The van der Waals surface area contributed by atoms with Crippen LogP contribution in [0.15, 0.2) is 36.5 Å². The quantitative estimate of drug-likeness (QED) is 0.636. The molecular weight excluding hydrogens is 268 g/mol. The number of methoxy groups -OCH3 is 1. The molecule has 0 atom stereocenters. The predicted molar refractivity (Wildman–Crippen MR) is 78.4 cm³/mol. The molecule has 2 aromatic rings. The zero-order valence-corrected chi connectivity index (χ0v) is 11.8. The summed E-state index contributed by atoms with van der Waals surface area (Å²) in [7, 11) is 1.56. The fourth-order valence-corrected chi connectivity index (χ4v) is 1.97. The fourth-order valence-electron chi connectivity index (χ4n) is 1.97. The van der Waals surface area contributed by atoms with E-state index in [1.807, 2.05) is 18.2 Å². The Morgan fingerprint density at radius 2 is 2.10 bits per heavy atom. The van der Waals surface area contributed by atoms with E-state index in [1.165, 1.54) is 6.20 Å². The molecule has 0 spiro atoms. The van der Waals surface area contributed by atoms with Gasteiger partial charge in [-0.25, -0.2) is 4.79 Å². The predicted octanol–water partition coefficient (Wildman–Crippen LogP) is 3.48. The number of rotatable bonds is 4. The van der Waals surface area contributed by atoms with Crippen LogP contribution in [0.1, 0.15) is 17.3 Å². The molecule has 0 amide bonds. The average molecular weight is 282 g/mol. The van der Waals surface area contributed by atoms with Crippen molar-refractivity contribution in [2.24, 2.45) is 0 Å². The summed E-state index contributed by atoms with van der Waals surface area (Å²) in [5, 5.41) is 0. The molecule has 0 saturated carbocycles. The zero-order valence-electron chi connectivity index (χ0n) is 11.8. The Bertz CT molecular complexity index is 705. The maximum absolute atomic E-state index is 12.1. The number of hydrogen-bond acceptors (Lipinski definition) is 4. The summed E-state index contributed by atoms with van der Waals surface area (Å²) in [5.41, 5.74) is 1.61. The van der Waals surface area contributed by atoms with Crippen LogP contribution in [0.3, 0.4) is 0 Å². The number of nitrogens with zero attached hydrogens (tertiary/aromatic N) is 2. The van der Waals surface area contributed by atoms with Crippen molar-refractivity contribution in [3.63, 3.8) is 0 Å². The smallest absolute Gasteiger partial charge is 0.342 e. The first-order valence-electron chi connectivity index (χ1n) is 6.39. The van der Waals surface area contributed by atoms with E-state index in [2.05, 4.69) is 9.83 Å². The van der Waals surface area contributed by atoms with Gasteiger partial charge in [0.1, 0.15) is 17.5 Å². The molecule has 1 aromatic carbocycles. The molecule has 5 heteroatoms. The number of pyridine rings is 1. The van der Waals surface area contributed by atoms with Crippen molar-refractivity contribution < 1.29 is 14.3 Å². The topological polar surface area (TPSA) is 52.8 Å². The normalized spacial score (nSPS) is 9.76. The Balaban J connectivity index is 2.64. The molecule has 21 heavy (non-hydrogen) atoms. The molecule has 0 aliphatic carbocycles. The van der Waals surface area contributed by atoms with E-state index in [-0.39, 0.29) is 12.4 Å². The molecule has 0 N–H and O–H groups in total. The lowest BCUT2D eigenvalue weighted by atomic mass is 10.0. The average Bonchev–Trinajstić information content (AvgIpc) is 2.54. The Kier molecular flexibility index (Phi) is 4.52. The lowest BCUT2D eigenvalue weighted by Gasteiger charge is -2.11. The number of esters is 1. The molecule has 1 heterocycles. The van der Waals surface area contributed by atoms with E-state index < -0.39 is 5.97 Å².